The number of β-amino-alcohol motifs (C(OH)–C–C–N with tert-alkyl or cyclic N) is 1. The number of hydrogen-bond acceptors (Lipinski definition) is 5. The van der Waals surface area contributed by atoms with E-state index in [0.29, 0.717) is 6.54 Å². The number of nitrogens with zero attached hydrogens (tertiary/aromatic N) is 1. The highest BCUT2D eigenvalue weighted by Crippen LogP contribution is 2.19. The van der Waals surface area contributed by atoms with Crippen molar-refractivity contribution in [3.63, 3.8) is 0 Å². The lowest BCUT2D eigenvalue weighted by molar-refractivity contribution is -0.145. The minimum Gasteiger partial charge on any atom is -0.395 e. The van der Waals surface area contributed by atoms with Gasteiger partial charge in [0.1, 0.15) is 12.2 Å². The van der Waals surface area contributed by atoms with E-state index in [-0.39, 0.29) is 6.61 Å². The molecule has 4 atom stereocenters. The standard InChI is InChI=1S/C10H21NO4/c1-2-3-4-11-5-8(13)10(15)9(14)7(11)6-12/h7-10,12-15H,2-6H2,1H3/t7?,8-,9-,10?/m1/s1. The van der Waals surface area contributed by atoms with Gasteiger partial charge in [-0.15, -0.1) is 0 Å². The van der Waals surface area contributed by atoms with Crippen molar-refractivity contribution >= 4 is 0 Å². The largest absolute Gasteiger partial charge is 0.395 e. The molecule has 5 heteroatoms. The quantitative estimate of drug-likeness (QED) is 0.465. The van der Waals surface area contributed by atoms with E-state index in [1.54, 1.807) is 0 Å². The van der Waals surface area contributed by atoms with Crippen LogP contribution in [0.15, 0.2) is 0 Å². The molecule has 1 aliphatic rings. The van der Waals surface area contributed by atoms with Crippen molar-refractivity contribution in [1.82, 2.24) is 4.90 Å². The molecule has 0 amide bonds. The highest BCUT2D eigenvalue weighted by atomic mass is 16.4. The molecule has 15 heavy (non-hydrogen) atoms. The van der Waals surface area contributed by atoms with E-state index in [1.807, 2.05) is 4.90 Å². The molecule has 0 saturated carbocycles. The Morgan fingerprint density at radius 1 is 1.20 bits per heavy atom. The predicted octanol–water partition coefficient (Wildman–Crippen LogP) is -1.45. The minimum absolute atomic E-state index is 0.200. The van der Waals surface area contributed by atoms with E-state index >= 15 is 0 Å². The van der Waals surface area contributed by atoms with E-state index in [2.05, 4.69) is 6.92 Å². The van der Waals surface area contributed by atoms with Gasteiger partial charge in [-0.25, -0.2) is 0 Å². The summed E-state index contributed by atoms with van der Waals surface area (Å²) in [5.74, 6) is 0. The van der Waals surface area contributed by atoms with E-state index in [9.17, 15) is 15.3 Å². The van der Waals surface area contributed by atoms with Gasteiger partial charge in [-0.1, -0.05) is 13.3 Å². The van der Waals surface area contributed by atoms with Crippen LogP contribution >= 0.6 is 0 Å². The van der Waals surface area contributed by atoms with Gasteiger partial charge in [0.15, 0.2) is 0 Å². The van der Waals surface area contributed by atoms with Crippen molar-refractivity contribution < 1.29 is 20.4 Å². The molecule has 0 aromatic carbocycles. The second kappa shape index (κ2) is 5.77. The van der Waals surface area contributed by atoms with Crippen molar-refractivity contribution in [1.29, 1.82) is 0 Å². The number of aliphatic hydroxyl groups excluding tert-OH is 4. The molecular formula is C10H21NO4. The maximum atomic E-state index is 9.67. The van der Waals surface area contributed by atoms with Crippen molar-refractivity contribution in [3.8, 4) is 0 Å². The first-order valence-corrected chi connectivity index (χ1v) is 5.51. The maximum absolute atomic E-state index is 9.67. The number of aliphatic hydroxyl groups is 4. The van der Waals surface area contributed by atoms with Crippen LogP contribution in [-0.2, 0) is 0 Å². The summed E-state index contributed by atoms with van der Waals surface area (Å²) in [7, 11) is 0. The van der Waals surface area contributed by atoms with Crippen molar-refractivity contribution in [2.24, 2.45) is 0 Å². The summed E-state index contributed by atoms with van der Waals surface area (Å²) in [6.45, 7) is 2.89. The molecule has 0 radical (unpaired) electrons. The van der Waals surface area contributed by atoms with E-state index < -0.39 is 24.4 Å². The summed E-state index contributed by atoms with van der Waals surface area (Å²) >= 11 is 0. The second-order valence-electron chi connectivity index (χ2n) is 4.15. The van der Waals surface area contributed by atoms with E-state index in [1.165, 1.54) is 0 Å². The highest BCUT2D eigenvalue weighted by molar-refractivity contribution is 4.93. The Hall–Kier alpha value is -0.200. The Balaban J connectivity index is 2.60. The zero-order chi connectivity index (χ0) is 11.4. The summed E-state index contributed by atoms with van der Waals surface area (Å²) in [4.78, 5) is 1.84. The Kier molecular flexibility index (Phi) is 4.95. The average Bonchev–Trinajstić information content (AvgIpc) is 2.23. The topological polar surface area (TPSA) is 84.2 Å². The van der Waals surface area contributed by atoms with Crippen LogP contribution in [0.5, 0.6) is 0 Å². The first-order valence-electron chi connectivity index (χ1n) is 5.51. The fourth-order valence-electron chi connectivity index (χ4n) is 2.00. The van der Waals surface area contributed by atoms with Crippen LogP contribution in [0.2, 0.25) is 0 Å². The Labute approximate surface area is 90.0 Å². The first-order chi connectivity index (χ1) is 7.11. The summed E-state index contributed by atoms with van der Waals surface area (Å²) in [6.07, 6.45) is -1.19. The van der Waals surface area contributed by atoms with Crippen molar-refractivity contribution in [2.45, 2.75) is 44.1 Å². The number of likely N-dealkylation sites (tertiary alicyclic amines) is 1. The maximum Gasteiger partial charge on any atom is 0.109 e. The molecule has 1 heterocycles. The van der Waals surface area contributed by atoms with Gasteiger partial charge in [0, 0.05) is 6.54 Å². The van der Waals surface area contributed by atoms with Gasteiger partial charge in [-0.05, 0) is 13.0 Å². The van der Waals surface area contributed by atoms with Gasteiger partial charge in [0.05, 0.1) is 18.8 Å². The number of unbranched alkanes of at least 4 members (excludes halogenated alkanes) is 1. The molecule has 5 nitrogen and oxygen atoms in total. The third-order valence-corrected chi connectivity index (χ3v) is 3.01. The molecule has 1 rings (SSSR count). The van der Waals surface area contributed by atoms with Gasteiger partial charge in [-0.2, -0.15) is 0 Å². The van der Waals surface area contributed by atoms with E-state index in [0.717, 1.165) is 19.4 Å². The average molecular weight is 219 g/mol. The van der Waals surface area contributed by atoms with Crippen LogP contribution in [0.25, 0.3) is 0 Å². The molecule has 1 aliphatic heterocycles. The lowest BCUT2D eigenvalue weighted by Gasteiger charge is -2.43. The number of rotatable bonds is 4. The van der Waals surface area contributed by atoms with Crippen LogP contribution in [0.1, 0.15) is 19.8 Å². The Bertz CT molecular complexity index is 190. The zero-order valence-corrected chi connectivity index (χ0v) is 9.08. The molecule has 0 spiro atoms. The van der Waals surface area contributed by atoms with Crippen LogP contribution in [0.4, 0.5) is 0 Å². The van der Waals surface area contributed by atoms with Crippen LogP contribution in [-0.4, -0.2) is 69.4 Å². The fraction of sp³-hybridized carbons (Fsp3) is 1.00. The molecule has 4 N–H and O–H groups in total. The van der Waals surface area contributed by atoms with Gasteiger partial charge in [0.25, 0.3) is 0 Å². The predicted molar refractivity (Wildman–Crippen MR) is 55.4 cm³/mol. The van der Waals surface area contributed by atoms with Gasteiger partial charge in [0.2, 0.25) is 0 Å². The molecule has 1 saturated heterocycles. The second-order valence-corrected chi connectivity index (χ2v) is 4.15. The first kappa shape index (κ1) is 12.9. The van der Waals surface area contributed by atoms with Crippen LogP contribution in [0, 0.1) is 0 Å². The number of hydrogen-bond donors (Lipinski definition) is 4. The monoisotopic (exact) mass is 219 g/mol. The van der Waals surface area contributed by atoms with Crippen molar-refractivity contribution in [2.75, 3.05) is 19.7 Å². The fourth-order valence-corrected chi connectivity index (χ4v) is 2.00. The van der Waals surface area contributed by atoms with Gasteiger partial charge < -0.3 is 20.4 Å². The van der Waals surface area contributed by atoms with Crippen LogP contribution in [0.3, 0.4) is 0 Å². The normalized spacial score (nSPS) is 38.2. The summed E-state index contributed by atoms with van der Waals surface area (Å²) in [5, 5.41) is 37.8. The van der Waals surface area contributed by atoms with E-state index in [4.69, 9.17) is 5.11 Å². The minimum atomic E-state index is -1.15. The smallest absolute Gasteiger partial charge is 0.109 e. The van der Waals surface area contributed by atoms with Gasteiger partial charge >= 0.3 is 0 Å². The van der Waals surface area contributed by atoms with Crippen LogP contribution < -0.4 is 0 Å². The highest BCUT2D eigenvalue weighted by Gasteiger charge is 2.40. The summed E-state index contributed by atoms with van der Waals surface area (Å²) in [5.41, 5.74) is 0. The number of piperidine rings is 1. The molecule has 0 aromatic heterocycles. The van der Waals surface area contributed by atoms with Gasteiger partial charge in [-0.3, -0.25) is 4.90 Å². The lowest BCUT2D eigenvalue weighted by atomic mass is 9.94. The molecule has 0 bridgehead atoms. The molecule has 90 valence electrons. The van der Waals surface area contributed by atoms with Crippen molar-refractivity contribution in [3.05, 3.63) is 0 Å². The summed E-state index contributed by atoms with van der Waals surface area (Å²) in [6, 6.07) is -0.463. The summed E-state index contributed by atoms with van der Waals surface area (Å²) < 4.78 is 0. The zero-order valence-electron chi connectivity index (χ0n) is 9.08. The Morgan fingerprint density at radius 3 is 2.40 bits per heavy atom. The molecule has 0 aliphatic carbocycles. The lowest BCUT2D eigenvalue weighted by Crippen LogP contribution is -2.62. The molecule has 1 fully saturated rings. The molecule has 2 unspecified atom stereocenters. The third kappa shape index (κ3) is 2.89. The molecule has 0 aromatic rings. The Morgan fingerprint density at radius 2 is 1.87 bits per heavy atom. The molecular weight excluding hydrogens is 198 g/mol. The SMILES string of the molecule is CCCCN1C[C@@H](O)C(O)[C@H](O)C1CO. The third-order valence-electron chi connectivity index (χ3n) is 3.01.